The molecule has 4 aromatic rings. The maximum absolute atomic E-state index is 13.0. The van der Waals surface area contributed by atoms with E-state index in [0.717, 1.165) is 11.1 Å². The molecule has 36 heavy (non-hydrogen) atoms. The largest absolute Gasteiger partial charge is 0.384 e. The summed E-state index contributed by atoms with van der Waals surface area (Å²) in [5, 5.41) is 19.6. The van der Waals surface area contributed by atoms with Crippen LogP contribution < -0.4 is 10.9 Å². The fraction of sp³-hybridized carbons (Fsp3) is 0.192. The van der Waals surface area contributed by atoms with Crippen molar-refractivity contribution >= 4 is 17.5 Å². The molecule has 3 aromatic heterocycles. The highest BCUT2D eigenvalue weighted by molar-refractivity contribution is 6.30. The lowest BCUT2D eigenvalue weighted by atomic mass is 9.93. The Kier molecular flexibility index (Phi) is 7.90. The van der Waals surface area contributed by atoms with E-state index in [4.69, 9.17) is 16.3 Å². The minimum Gasteiger partial charge on any atom is -0.384 e. The number of methoxy groups -OCH3 is 1. The molecule has 0 spiro atoms. The number of nitrogens with zero attached hydrogens (tertiary/aromatic N) is 4. The second kappa shape index (κ2) is 11.4. The van der Waals surface area contributed by atoms with Crippen molar-refractivity contribution in [1.82, 2.24) is 25.1 Å². The van der Waals surface area contributed by atoms with Crippen molar-refractivity contribution in [3.63, 3.8) is 0 Å². The lowest BCUT2D eigenvalue weighted by Gasteiger charge is -2.17. The number of H-pyrrole nitrogens is 1. The van der Waals surface area contributed by atoms with Crippen LogP contribution in [-0.4, -0.2) is 39.4 Å². The van der Waals surface area contributed by atoms with Crippen molar-refractivity contribution in [3.8, 4) is 6.07 Å². The molecule has 1 atom stereocenters. The number of benzene rings is 1. The Labute approximate surface area is 212 Å². The van der Waals surface area contributed by atoms with Gasteiger partial charge in [-0.1, -0.05) is 41.9 Å². The third-order valence-corrected chi connectivity index (χ3v) is 5.89. The molecule has 4 rings (SSSR count). The molecule has 0 aliphatic carbocycles. The summed E-state index contributed by atoms with van der Waals surface area (Å²) in [6.45, 7) is 0.820. The van der Waals surface area contributed by atoms with Crippen molar-refractivity contribution < 1.29 is 9.53 Å². The minimum absolute atomic E-state index is 0.0615. The van der Waals surface area contributed by atoms with Crippen molar-refractivity contribution in [1.29, 1.82) is 5.26 Å². The van der Waals surface area contributed by atoms with E-state index in [1.165, 1.54) is 24.5 Å². The van der Waals surface area contributed by atoms with Gasteiger partial charge in [0.2, 0.25) is 0 Å². The van der Waals surface area contributed by atoms with Crippen LogP contribution in [0.2, 0.25) is 5.02 Å². The van der Waals surface area contributed by atoms with E-state index in [1.54, 1.807) is 23.9 Å². The molecule has 0 saturated carbocycles. The minimum atomic E-state index is -0.361. The molecule has 9 nitrogen and oxygen atoms in total. The van der Waals surface area contributed by atoms with Crippen LogP contribution in [0.15, 0.2) is 71.9 Å². The Morgan fingerprint density at radius 2 is 2.08 bits per heavy atom. The van der Waals surface area contributed by atoms with Crippen molar-refractivity contribution in [3.05, 3.63) is 116 Å². The Hall–Kier alpha value is -4.26. The van der Waals surface area contributed by atoms with Crippen LogP contribution in [0.3, 0.4) is 0 Å². The van der Waals surface area contributed by atoms with E-state index in [-0.39, 0.29) is 23.9 Å². The highest BCUT2D eigenvalue weighted by Crippen LogP contribution is 2.27. The number of rotatable bonds is 9. The Bertz CT molecular complexity index is 1460. The maximum atomic E-state index is 13.0. The highest BCUT2D eigenvalue weighted by atomic mass is 35.5. The van der Waals surface area contributed by atoms with Gasteiger partial charge < -0.3 is 14.6 Å². The number of carbonyl (C=O) groups is 1. The van der Waals surface area contributed by atoms with Crippen molar-refractivity contribution in [2.24, 2.45) is 0 Å². The number of aromatic nitrogens is 4. The first kappa shape index (κ1) is 24.9. The van der Waals surface area contributed by atoms with Gasteiger partial charge in [-0.15, -0.1) is 0 Å². The zero-order chi connectivity index (χ0) is 25.5. The van der Waals surface area contributed by atoms with Crippen LogP contribution >= 0.6 is 11.6 Å². The van der Waals surface area contributed by atoms with E-state index >= 15 is 0 Å². The fourth-order valence-corrected chi connectivity index (χ4v) is 4.01. The van der Waals surface area contributed by atoms with Crippen LogP contribution in [0.5, 0.6) is 0 Å². The predicted octanol–water partition coefficient (Wildman–Crippen LogP) is 3.25. The molecule has 0 bridgehead atoms. The lowest BCUT2D eigenvalue weighted by molar-refractivity contribution is 0.0948. The topological polar surface area (TPSA) is 126 Å². The molecule has 10 heteroatoms. The number of amides is 1. The van der Waals surface area contributed by atoms with Gasteiger partial charge in [-0.2, -0.15) is 10.4 Å². The van der Waals surface area contributed by atoms with Gasteiger partial charge in [-0.3, -0.25) is 19.7 Å². The first-order valence-corrected chi connectivity index (χ1v) is 11.5. The molecule has 2 N–H and O–H groups in total. The first-order valence-electron chi connectivity index (χ1n) is 11.1. The SMILES string of the molecule is COCC(c1ccc(Cn2ccccc2=O)cc1)c1n[nH]cc1C(=O)NCc1ncc(Cl)cc1C#N. The predicted molar refractivity (Wildman–Crippen MR) is 134 cm³/mol. The molecule has 0 saturated heterocycles. The van der Waals surface area contributed by atoms with Gasteiger partial charge in [-0.25, -0.2) is 0 Å². The van der Waals surface area contributed by atoms with Crippen LogP contribution in [0, 0.1) is 11.3 Å². The molecule has 3 heterocycles. The molecule has 0 aliphatic heterocycles. The summed E-state index contributed by atoms with van der Waals surface area (Å²) in [5.41, 5.74) is 3.42. The fourth-order valence-electron chi connectivity index (χ4n) is 3.86. The van der Waals surface area contributed by atoms with Gasteiger partial charge in [-0.05, 0) is 23.3 Å². The van der Waals surface area contributed by atoms with Gasteiger partial charge in [0.05, 0.1) is 53.2 Å². The quantitative estimate of drug-likeness (QED) is 0.362. The molecule has 1 unspecified atom stereocenters. The van der Waals surface area contributed by atoms with Crippen LogP contribution in [0.25, 0.3) is 0 Å². The summed E-state index contributed by atoms with van der Waals surface area (Å²) in [6.07, 6.45) is 4.71. The Morgan fingerprint density at radius 3 is 2.81 bits per heavy atom. The van der Waals surface area contributed by atoms with E-state index < -0.39 is 0 Å². The summed E-state index contributed by atoms with van der Waals surface area (Å²) in [7, 11) is 1.59. The Balaban J connectivity index is 1.52. The Morgan fingerprint density at radius 1 is 1.28 bits per heavy atom. The molecular weight excluding hydrogens is 480 g/mol. The van der Waals surface area contributed by atoms with Gasteiger partial charge in [0.15, 0.2) is 0 Å². The van der Waals surface area contributed by atoms with Gasteiger partial charge >= 0.3 is 0 Å². The number of hydrogen-bond donors (Lipinski definition) is 2. The van der Waals surface area contributed by atoms with E-state index in [1.807, 2.05) is 36.4 Å². The molecule has 182 valence electrons. The molecule has 1 amide bonds. The zero-order valence-corrected chi connectivity index (χ0v) is 20.2. The summed E-state index contributed by atoms with van der Waals surface area (Å²) in [4.78, 5) is 29.2. The van der Waals surface area contributed by atoms with E-state index in [9.17, 15) is 14.9 Å². The van der Waals surface area contributed by atoms with Crippen LogP contribution in [0.1, 0.15) is 44.4 Å². The molecule has 0 fully saturated rings. The number of aromatic amines is 1. The number of halogens is 1. The lowest BCUT2D eigenvalue weighted by Crippen LogP contribution is -2.25. The summed E-state index contributed by atoms with van der Waals surface area (Å²) >= 11 is 5.90. The third-order valence-electron chi connectivity index (χ3n) is 5.69. The normalized spacial score (nSPS) is 11.6. The average molecular weight is 503 g/mol. The maximum Gasteiger partial charge on any atom is 0.255 e. The number of carbonyl (C=O) groups excluding carboxylic acids is 1. The number of hydrogen-bond acceptors (Lipinski definition) is 6. The van der Waals surface area contributed by atoms with E-state index in [0.29, 0.717) is 40.7 Å². The molecular formula is C26H23ClN6O3. The second-order valence-corrected chi connectivity index (χ2v) is 8.48. The number of nitriles is 1. The van der Waals surface area contributed by atoms with Crippen molar-refractivity contribution in [2.75, 3.05) is 13.7 Å². The number of pyridine rings is 2. The van der Waals surface area contributed by atoms with Crippen molar-refractivity contribution in [2.45, 2.75) is 19.0 Å². The van der Waals surface area contributed by atoms with Gasteiger partial charge in [0.1, 0.15) is 6.07 Å². The van der Waals surface area contributed by atoms with Gasteiger partial charge in [0, 0.05) is 31.8 Å². The smallest absolute Gasteiger partial charge is 0.255 e. The monoisotopic (exact) mass is 502 g/mol. The number of nitrogens with one attached hydrogen (secondary N) is 2. The summed E-state index contributed by atoms with van der Waals surface area (Å²) in [5.74, 6) is -0.667. The average Bonchev–Trinajstić information content (AvgIpc) is 3.38. The molecule has 0 aliphatic rings. The third kappa shape index (κ3) is 5.68. The second-order valence-electron chi connectivity index (χ2n) is 8.04. The van der Waals surface area contributed by atoms with Crippen LogP contribution in [0.4, 0.5) is 0 Å². The highest BCUT2D eigenvalue weighted by Gasteiger charge is 2.24. The molecule has 1 aromatic carbocycles. The molecule has 0 radical (unpaired) electrons. The summed E-state index contributed by atoms with van der Waals surface area (Å²) in [6, 6.07) is 16.4. The van der Waals surface area contributed by atoms with Gasteiger partial charge in [0.25, 0.3) is 11.5 Å². The van der Waals surface area contributed by atoms with Crippen LogP contribution in [-0.2, 0) is 17.8 Å². The summed E-state index contributed by atoms with van der Waals surface area (Å²) < 4.78 is 7.07. The van der Waals surface area contributed by atoms with E-state index in [2.05, 4.69) is 20.5 Å². The standard InChI is InChI=1S/C26H23ClN6O3/c1-36-16-22(18-7-5-17(6-8-18)15-33-9-3-2-4-24(33)34)25-21(13-31-32-25)26(35)30-14-23-19(11-28)10-20(27)12-29-23/h2-10,12-13,22H,14-16H2,1H3,(H,30,35)(H,31,32). The first-order chi connectivity index (χ1) is 17.5. The number of ether oxygens (including phenoxy) is 1. The zero-order valence-electron chi connectivity index (χ0n) is 19.4.